The molecule has 2 aromatic rings. The monoisotopic (exact) mass is 325 g/mol. The second-order valence-electron chi connectivity index (χ2n) is 5.34. The molecule has 21 heavy (non-hydrogen) atoms. The SMILES string of the molecule is CC(C)(C)[S@+]([O-])/N=C/c1cccc(-c2nn(P)c(=O)o2)c1. The molecule has 0 aliphatic carbocycles. The van der Waals surface area contributed by atoms with Gasteiger partial charge in [0, 0.05) is 5.56 Å². The third-order valence-electron chi connectivity index (χ3n) is 2.52. The van der Waals surface area contributed by atoms with E-state index in [1.165, 1.54) is 0 Å². The Bertz CT molecular complexity index is 718. The first kappa shape index (κ1) is 15.9. The van der Waals surface area contributed by atoms with Crippen molar-refractivity contribution in [1.82, 2.24) is 9.55 Å². The van der Waals surface area contributed by atoms with Crippen LogP contribution in [-0.2, 0) is 11.4 Å². The van der Waals surface area contributed by atoms with Crippen molar-refractivity contribution in [3.63, 3.8) is 0 Å². The molecule has 0 spiro atoms. The van der Waals surface area contributed by atoms with Crippen LogP contribution in [0, 0.1) is 0 Å². The molecule has 1 unspecified atom stereocenters. The van der Waals surface area contributed by atoms with Gasteiger partial charge in [0.15, 0.2) is 0 Å². The minimum absolute atomic E-state index is 0.224. The predicted molar refractivity (Wildman–Crippen MR) is 86.8 cm³/mol. The average molecular weight is 325 g/mol. The van der Waals surface area contributed by atoms with Crippen LogP contribution >= 0.6 is 9.39 Å². The summed E-state index contributed by atoms with van der Waals surface area (Å²) in [6.45, 7) is 5.57. The number of nitrogens with zero attached hydrogens (tertiary/aromatic N) is 3. The van der Waals surface area contributed by atoms with Crippen LogP contribution < -0.4 is 5.76 Å². The van der Waals surface area contributed by atoms with Gasteiger partial charge in [-0.2, -0.15) is 4.45 Å². The maximum atomic E-state index is 11.9. The summed E-state index contributed by atoms with van der Waals surface area (Å²) in [5.74, 6) is -0.329. The summed E-state index contributed by atoms with van der Waals surface area (Å²) in [6.07, 6.45) is 1.54. The molecule has 0 amide bonds. The summed E-state index contributed by atoms with van der Waals surface area (Å²) < 4.78 is 21.6. The minimum Gasteiger partial charge on any atom is -0.591 e. The Morgan fingerprint density at radius 3 is 2.76 bits per heavy atom. The van der Waals surface area contributed by atoms with E-state index < -0.39 is 21.9 Å². The number of aromatic nitrogens is 2. The van der Waals surface area contributed by atoms with Crippen molar-refractivity contribution in [1.29, 1.82) is 0 Å². The molecule has 2 atom stereocenters. The van der Waals surface area contributed by atoms with Gasteiger partial charge in [-0.15, -0.1) is 5.10 Å². The molecule has 0 N–H and O–H groups in total. The van der Waals surface area contributed by atoms with Gasteiger partial charge >= 0.3 is 5.76 Å². The van der Waals surface area contributed by atoms with Gasteiger partial charge in [-0.05, 0) is 47.9 Å². The van der Waals surface area contributed by atoms with Crippen LogP contribution in [0.2, 0.25) is 0 Å². The van der Waals surface area contributed by atoms with Crippen LogP contribution in [0.1, 0.15) is 26.3 Å². The van der Waals surface area contributed by atoms with Crippen LogP contribution in [0.4, 0.5) is 0 Å². The average Bonchev–Trinajstić information content (AvgIpc) is 2.75. The van der Waals surface area contributed by atoms with E-state index in [4.69, 9.17) is 4.42 Å². The van der Waals surface area contributed by atoms with Crippen molar-refractivity contribution in [2.45, 2.75) is 25.5 Å². The predicted octanol–water partition coefficient (Wildman–Crippen LogP) is 2.02. The molecular formula is C13H16N3O3PS. The Kier molecular flexibility index (Phi) is 4.66. The molecule has 2 rings (SSSR count). The molecule has 0 bridgehead atoms. The van der Waals surface area contributed by atoms with Gasteiger partial charge in [-0.3, -0.25) is 0 Å². The molecule has 0 radical (unpaired) electrons. The number of benzene rings is 1. The second kappa shape index (κ2) is 6.13. The molecule has 0 fully saturated rings. The molecule has 1 heterocycles. The summed E-state index contributed by atoms with van der Waals surface area (Å²) in [5, 5.41) is 3.95. The fourth-order valence-electron chi connectivity index (χ4n) is 1.42. The van der Waals surface area contributed by atoms with Crippen molar-refractivity contribution < 1.29 is 8.97 Å². The van der Waals surface area contributed by atoms with Crippen LogP contribution in [0.5, 0.6) is 0 Å². The topological polar surface area (TPSA) is 83.5 Å². The van der Waals surface area contributed by atoms with Gasteiger partial charge in [-0.25, -0.2) is 4.79 Å². The van der Waals surface area contributed by atoms with Gasteiger partial charge in [-0.1, -0.05) is 16.5 Å². The lowest BCUT2D eigenvalue weighted by Crippen LogP contribution is -2.25. The van der Waals surface area contributed by atoms with E-state index in [1.54, 1.807) is 24.4 Å². The Balaban J connectivity index is 2.26. The Labute approximate surface area is 127 Å². The Hall–Kier alpha value is -1.43. The van der Waals surface area contributed by atoms with Gasteiger partial charge in [0.05, 0.1) is 6.21 Å². The highest BCUT2D eigenvalue weighted by Crippen LogP contribution is 2.19. The minimum atomic E-state index is -1.32. The maximum absolute atomic E-state index is 11.9. The number of hydrogen-bond acceptors (Lipinski definition) is 5. The lowest BCUT2D eigenvalue weighted by Gasteiger charge is -2.17. The molecule has 1 aromatic heterocycles. The van der Waals surface area contributed by atoms with Gasteiger partial charge < -0.3 is 8.97 Å². The van der Waals surface area contributed by atoms with E-state index in [-0.39, 0.29) is 5.89 Å². The van der Waals surface area contributed by atoms with E-state index in [0.29, 0.717) is 5.56 Å². The zero-order valence-electron chi connectivity index (χ0n) is 11.9. The van der Waals surface area contributed by atoms with Crippen molar-refractivity contribution >= 4 is 27.0 Å². The summed E-state index contributed by atoms with van der Waals surface area (Å²) in [5.41, 5.74) is 1.41. The van der Waals surface area contributed by atoms with Gasteiger partial charge in [0.1, 0.15) is 16.1 Å². The van der Waals surface area contributed by atoms with Crippen LogP contribution in [0.3, 0.4) is 0 Å². The van der Waals surface area contributed by atoms with Crippen LogP contribution in [0.15, 0.2) is 37.9 Å². The summed E-state index contributed by atoms with van der Waals surface area (Å²) in [6, 6.07) is 7.15. The first-order chi connectivity index (χ1) is 9.77. The zero-order chi connectivity index (χ0) is 15.6. The van der Waals surface area contributed by atoms with Gasteiger partial charge in [0.25, 0.3) is 0 Å². The van der Waals surface area contributed by atoms with E-state index in [9.17, 15) is 9.35 Å². The van der Waals surface area contributed by atoms with E-state index in [0.717, 1.165) is 10.0 Å². The van der Waals surface area contributed by atoms with Crippen molar-refractivity contribution in [2.75, 3.05) is 0 Å². The third-order valence-corrected chi connectivity index (χ3v) is 4.20. The van der Waals surface area contributed by atoms with E-state index in [1.807, 2.05) is 26.8 Å². The normalized spacial score (nSPS) is 13.8. The van der Waals surface area contributed by atoms with Crippen molar-refractivity contribution in [3.8, 4) is 11.5 Å². The van der Waals surface area contributed by atoms with Crippen LogP contribution in [0.25, 0.3) is 11.5 Å². The standard InChI is InChI=1S/C13H16N3O3PS/c1-13(2,3)21(18)14-8-9-5-4-6-10(7-9)11-15-16(20)12(17)19-11/h4-8H,20H2,1-3H3/b14-8+/t21-/m0/s1. The lowest BCUT2D eigenvalue weighted by atomic mass is 10.1. The highest BCUT2D eigenvalue weighted by Gasteiger charge is 2.25. The first-order valence-corrected chi connectivity index (χ1v) is 7.81. The maximum Gasteiger partial charge on any atom is 0.440 e. The molecular weight excluding hydrogens is 309 g/mol. The molecule has 6 nitrogen and oxygen atoms in total. The molecule has 1 aromatic carbocycles. The largest absolute Gasteiger partial charge is 0.591 e. The molecule has 0 saturated heterocycles. The Morgan fingerprint density at radius 1 is 1.48 bits per heavy atom. The highest BCUT2D eigenvalue weighted by molar-refractivity contribution is 7.91. The molecule has 0 aliphatic rings. The van der Waals surface area contributed by atoms with E-state index >= 15 is 0 Å². The summed E-state index contributed by atoms with van der Waals surface area (Å²) in [7, 11) is 2.15. The number of rotatable bonds is 3. The van der Waals surface area contributed by atoms with Crippen molar-refractivity contribution in [3.05, 3.63) is 40.4 Å². The first-order valence-electron chi connectivity index (χ1n) is 6.19. The molecule has 8 heteroatoms. The number of hydrogen-bond donors (Lipinski definition) is 0. The highest BCUT2D eigenvalue weighted by atomic mass is 32.2. The molecule has 0 aliphatic heterocycles. The van der Waals surface area contributed by atoms with Crippen LogP contribution in [-0.4, -0.2) is 25.1 Å². The molecule has 112 valence electrons. The van der Waals surface area contributed by atoms with E-state index in [2.05, 4.69) is 18.9 Å². The Morgan fingerprint density at radius 2 is 2.19 bits per heavy atom. The van der Waals surface area contributed by atoms with Crippen molar-refractivity contribution in [2.24, 2.45) is 4.40 Å². The second-order valence-corrected chi connectivity index (χ2v) is 7.76. The van der Waals surface area contributed by atoms with Gasteiger partial charge in [0.2, 0.25) is 5.89 Å². The third kappa shape index (κ3) is 4.03. The quantitative estimate of drug-likeness (QED) is 0.491. The fourth-order valence-corrected chi connectivity index (χ4v) is 2.12. The molecule has 0 saturated carbocycles. The zero-order valence-corrected chi connectivity index (χ0v) is 13.9. The smallest absolute Gasteiger partial charge is 0.440 e. The summed E-state index contributed by atoms with van der Waals surface area (Å²) >= 11 is -1.32. The summed E-state index contributed by atoms with van der Waals surface area (Å²) in [4.78, 5) is 11.3. The lowest BCUT2D eigenvalue weighted by molar-refractivity contribution is 0.523. The fraction of sp³-hybridized carbons (Fsp3) is 0.308.